The highest BCUT2D eigenvalue weighted by Crippen LogP contribution is 2.30. The van der Waals surface area contributed by atoms with Crippen LogP contribution in [0.3, 0.4) is 0 Å². The number of aromatic nitrogens is 1. The summed E-state index contributed by atoms with van der Waals surface area (Å²) in [5, 5.41) is 3.41. The van der Waals surface area contributed by atoms with E-state index in [1.807, 2.05) is 37.4 Å². The molecule has 0 saturated heterocycles. The first-order chi connectivity index (χ1) is 16.1. The molecule has 0 aliphatic rings. The van der Waals surface area contributed by atoms with Crippen LogP contribution in [0.2, 0.25) is 0 Å². The predicted molar refractivity (Wildman–Crippen MR) is 135 cm³/mol. The van der Waals surface area contributed by atoms with Crippen LogP contribution in [0.15, 0.2) is 78.1 Å². The summed E-state index contributed by atoms with van der Waals surface area (Å²) in [6.45, 7) is 1.27. The summed E-state index contributed by atoms with van der Waals surface area (Å²) in [5.41, 5.74) is 11.4. The van der Waals surface area contributed by atoms with Gasteiger partial charge in [0, 0.05) is 53.4 Å². The third-order valence-corrected chi connectivity index (χ3v) is 5.54. The summed E-state index contributed by atoms with van der Waals surface area (Å²) < 4.78 is 28.8. The number of nitrogens with two attached hydrogens (primary N) is 1. The van der Waals surface area contributed by atoms with Gasteiger partial charge >= 0.3 is 0 Å². The van der Waals surface area contributed by atoms with Crippen molar-refractivity contribution in [3.05, 3.63) is 89.8 Å². The molecule has 1 aromatic heterocycles. The standard InChI is InChI=1S/C25H27F2N5S/c1-29-33-14-13-32-24-9-8-21(19-4-6-20(7-5-19)25(26)27)15-22(24)23(28)10-12-31-17-18-3-2-11-30-16-18/h2-12,15-16,25,29,32H,13-14,17,28H2,1H3/b23-10-,31-12?. The van der Waals surface area contributed by atoms with Gasteiger partial charge in [-0.2, -0.15) is 0 Å². The fourth-order valence-electron chi connectivity index (χ4n) is 3.15. The maximum Gasteiger partial charge on any atom is 0.263 e. The van der Waals surface area contributed by atoms with E-state index in [2.05, 4.69) is 20.0 Å². The van der Waals surface area contributed by atoms with E-state index >= 15 is 0 Å². The van der Waals surface area contributed by atoms with Gasteiger partial charge in [0.25, 0.3) is 6.43 Å². The first-order valence-electron chi connectivity index (χ1n) is 10.5. The highest BCUT2D eigenvalue weighted by molar-refractivity contribution is 7.97. The average molecular weight is 468 g/mol. The topological polar surface area (TPSA) is 75.3 Å². The van der Waals surface area contributed by atoms with Crippen molar-refractivity contribution >= 4 is 29.5 Å². The Hall–Kier alpha value is -3.23. The Balaban J connectivity index is 1.83. The third-order valence-electron chi connectivity index (χ3n) is 4.85. The lowest BCUT2D eigenvalue weighted by Gasteiger charge is -2.14. The predicted octanol–water partition coefficient (Wildman–Crippen LogP) is 5.54. The zero-order valence-corrected chi connectivity index (χ0v) is 19.2. The van der Waals surface area contributed by atoms with Gasteiger partial charge in [0.2, 0.25) is 0 Å². The Labute approximate surface area is 197 Å². The van der Waals surface area contributed by atoms with Crippen molar-refractivity contribution in [1.82, 2.24) is 9.71 Å². The number of hydrogen-bond donors (Lipinski definition) is 3. The van der Waals surface area contributed by atoms with Crippen LogP contribution < -0.4 is 15.8 Å². The zero-order valence-electron chi connectivity index (χ0n) is 18.3. The van der Waals surface area contributed by atoms with Gasteiger partial charge in [-0.3, -0.25) is 14.7 Å². The van der Waals surface area contributed by atoms with Crippen molar-refractivity contribution < 1.29 is 8.78 Å². The molecule has 0 bridgehead atoms. The monoisotopic (exact) mass is 467 g/mol. The molecule has 2 aromatic carbocycles. The van der Waals surface area contributed by atoms with Gasteiger partial charge in [0.05, 0.1) is 6.54 Å². The number of allylic oxidation sites excluding steroid dienone is 1. The molecule has 4 N–H and O–H groups in total. The number of hydrogen-bond acceptors (Lipinski definition) is 6. The molecule has 0 amide bonds. The molecular formula is C25H27F2N5S. The second-order valence-electron chi connectivity index (χ2n) is 7.14. The number of halogens is 2. The maximum atomic E-state index is 12.9. The van der Waals surface area contributed by atoms with Crippen LogP contribution in [-0.2, 0) is 6.54 Å². The van der Waals surface area contributed by atoms with Gasteiger partial charge in [0.1, 0.15) is 0 Å². The second-order valence-corrected chi connectivity index (χ2v) is 8.24. The number of anilines is 1. The average Bonchev–Trinajstić information content (AvgIpc) is 2.85. The normalized spacial score (nSPS) is 11.9. The summed E-state index contributed by atoms with van der Waals surface area (Å²) in [5.74, 6) is 0.878. The number of nitrogens with one attached hydrogen (secondary N) is 2. The molecule has 0 atom stereocenters. The summed E-state index contributed by atoms with van der Waals surface area (Å²) >= 11 is 1.61. The van der Waals surface area contributed by atoms with Gasteiger partial charge in [-0.15, -0.1) is 0 Å². The highest BCUT2D eigenvalue weighted by Gasteiger charge is 2.10. The zero-order chi connectivity index (χ0) is 23.5. The van der Waals surface area contributed by atoms with Gasteiger partial charge in [0.15, 0.2) is 0 Å². The summed E-state index contributed by atoms with van der Waals surface area (Å²) in [6, 6.07) is 16.0. The van der Waals surface area contributed by atoms with Gasteiger partial charge in [-0.25, -0.2) is 8.78 Å². The molecule has 0 aliphatic carbocycles. The molecule has 1 heterocycles. The molecule has 3 aromatic rings. The number of alkyl halides is 2. The minimum Gasteiger partial charge on any atom is -0.398 e. The van der Waals surface area contributed by atoms with Crippen LogP contribution in [0.5, 0.6) is 0 Å². The lowest BCUT2D eigenvalue weighted by Crippen LogP contribution is -2.10. The van der Waals surface area contributed by atoms with Crippen molar-refractivity contribution in [2.75, 3.05) is 24.7 Å². The van der Waals surface area contributed by atoms with Crippen LogP contribution in [0.25, 0.3) is 16.8 Å². The molecule has 3 rings (SSSR count). The van der Waals surface area contributed by atoms with E-state index < -0.39 is 6.43 Å². The lowest BCUT2D eigenvalue weighted by molar-refractivity contribution is 0.151. The Morgan fingerprint density at radius 2 is 1.94 bits per heavy atom. The first kappa shape index (κ1) is 24.4. The van der Waals surface area contributed by atoms with Crippen LogP contribution in [-0.4, -0.2) is 30.5 Å². The van der Waals surface area contributed by atoms with E-state index in [4.69, 9.17) is 5.73 Å². The Morgan fingerprint density at radius 1 is 1.15 bits per heavy atom. The van der Waals surface area contributed by atoms with Crippen LogP contribution in [0.4, 0.5) is 14.5 Å². The molecule has 33 heavy (non-hydrogen) atoms. The number of pyridine rings is 1. The third kappa shape index (κ3) is 7.40. The van der Waals surface area contributed by atoms with E-state index in [0.717, 1.165) is 40.2 Å². The molecule has 8 heteroatoms. The maximum absolute atomic E-state index is 12.9. The molecule has 0 unspecified atom stereocenters. The quantitative estimate of drug-likeness (QED) is 0.196. The van der Waals surface area contributed by atoms with Crippen molar-refractivity contribution in [2.24, 2.45) is 10.7 Å². The number of aliphatic imine (C=N–C) groups is 1. The summed E-state index contributed by atoms with van der Waals surface area (Å²) in [6.07, 6.45) is 4.47. The fourth-order valence-corrected chi connectivity index (χ4v) is 3.56. The Morgan fingerprint density at radius 3 is 2.64 bits per heavy atom. The summed E-state index contributed by atoms with van der Waals surface area (Å²) in [7, 11) is 1.88. The van der Waals surface area contributed by atoms with Crippen LogP contribution in [0, 0.1) is 0 Å². The first-order valence-corrected chi connectivity index (χ1v) is 11.5. The Kier molecular flexibility index (Phi) is 9.41. The number of benzene rings is 2. The molecule has 172 valence electrons. The smallest absolute Gasteiger partial charge is 0.263 e. The van der Waals surface area contributed by atoms with Gasteiger partial charge in [-0.05, 0) is 48.0 Å². The Bertz CT molecular complexity index is 1070. The second kappa shape index (κ2) is 12.7. The van der Waals surface area contributed by atoms with Crippen molar-refractivity contribution in [3.63, 3.8) is 0 Å². The van der Waals surface area contributed by atoms with E-state index in [9.17, 15) is 8.78 Å². The van der Waals surface area contributed by atoms with E-state index in [-0.39, 0.29) is 5.56 Å². The van der Waals surface area contributed by atoms with Gasteiger partial charge in [-0.1, -0.05) is 48.3 Å². The number of nitrogens with zero attached hydrogens (tertiary/aromatic N) is 2. The molecule has 0 spiro atoms. The summed E-state index contributed by atoms with van der Waals surface area (Å²) in [4.78, 5) is 8.49. The number of rotatable bonds is 11. The van der Waals surface area contributed by atoms with E-state index in [0.29, 0.717) is 12.2 Å². The molecule has 0 saturated carbocycles. The molecular weight excluding hydrogens is 440 g/mol. The van der Waals surface area contributed by atoms with Gasteiger partial charge < -0.3 is 11.1 Å². The molecule has 5 nitrogen and oxygen atoms in total. The van der Waals surface area contributed by atoms with Crippen molar-refractivity contribution in [1.29, 1.82) is 0 Å². The minimum absolute atomic E-state index is 0.00327. The van der Waals surface area contributed by atoms with Crippen LogP contribution in [0.1, 0.15) is 23.1 Å². The fraction of sp³-hybridized carbons (Fsp3) is 0.200. The van der Waals surface area contributed by atoms with Crippen molar-refractivity contribution in [3.8, 4) is 11.1 Å². The van der Waals surface area contributed by atoms with Crippen LogP contribution >= 0.6 is 11.9 Å². The molecule has 0 fully saturated rings. The molecule has 0 radical (unpaired) electrons. The highest BCUT2D eigenvalue weighted by atomic mass is 32.2. The van der Waals surface area contributed by atoms with E-state index in [1.54, 1.807) is 48.8 Å². The largest absolute Gasteiger partial charge is 0.398 e. The SMILES string of the molecule is CNSCCNc1ccc(-c2ccc(C(F)F)cc2)cc1/C(N)=C/C=NCc1cccnc1. The molecule has 0 aliphatic heterocycles. The lowest BCUT2D eigenvalue weighted by atomic mass is 9.99. The van der Waals surface area contributed by atoms with E-state index in [1.165, 1.54) is 12.1 Å². The van der Waals surface area contributed by atoms with Crippen molar-refractivity contribution in [2.45, 2.75) is 13.0 Å². The minimum atomic E-state index is -2.49.